The number of halogens is 2. The number of benzene rings is 1. The van der Waals surface area contributed by atoms with Crippen molar-refractivity contribution >= 4 is 23.4 Å². The zero-order chi connectivity index (χ0) is 23.3. The summed E-state index contributed by atoms with van der Waals surface area (Å²) >= 11 is 1.23. The van der Waals surface area contributed by atoms with Crippen LogP contribution in [0, 0.1) is 13.8 Å². The second-order valence-corrected chi connectivity index (χ2v) is 9.57. The molecule has 1 amide bonds. The summed E-state index contributed by atoms with van der Waals surface area (Å²) in [4.78, 5) is 26.2. The molecule has 0 spiro atoms. The van der Waals surface area contributed by atoms with Crippen LogP contribution < -0.4 is 0 Å². The third kappa shape index (κ3) is 6.28. The smallest absolute Gasteiger partial charge is 0.410 e. The van der Waals surface area contributed by atoms with Crippen LogP contribution in [0.15, 0.2) is 30.3 Å². The molecule has 1 saturated heterocycles. The molecule has 2 heterocycles. The van der Waals surface area contributed by atoms with Gasteiger partial charge in [-0.25, -0.2) is 18.4 Å². The second-order valence-electron chi connectivity index (χ2n) is 8.40. The van der Waals surface area contributed by atoms with Gasteiger partial charge < -0.3 is 14.7 Å². The molecule has 1 fully saturated rings. The number of carboxylic acid groups (broad SMARTS) is 1. The van der Waals surface area contributed by atoms with Crippen LogP contribution in [0.25, 0.3) is 0 Å². The summed E-state index contributed by atoms with van der Waals surface area (Å²) in [5.74, 6) is -3.85. The lowest BCUT2D eigenvalue weighted by atomic mass is 9.96. The van der Waals surface area contributed by atoms with E-state index in [0.29, 0.717) is 50.1 Å². The van der Waals surface area contributed by atoms with E-state index in [1.165, 1.54) is 23.5 Å². The molecule has 1 aromatic carbocycles. The summed E-state index contributed by atoms with van der Waals surface area (Å²) in [6.07, 6.45) is 2.08. The van der Waals surface area contributed by atoms with Crippen molar-refractivity contribution in [1.29, 1.82) is 0 Å². The van der Waals surface area contributed by atoms with Crippen LogP contribution in [-0.4, -0.2) is 41.3 Å². The van der Waals surface area contributed by atoms with Crippen LogP contribution in [0.1, 0.15) is 63.3 Å². The zero-order valence-corrected chi connectivity index (χ0v) is 19.2. The van der Waals surface area contributed by atoms with Crippen molar-refractivity contribution < 1.29 is 28.2 Å². The Morgan fingerprint density at radius 3 is 2.59 bits per heavy atom. The molecule has 0 bridgehead atoms. The molecule has 1 aliphatic heterocycles. The molecule has 0 aliphatic carbocycles. The monoisotopic (exact) mass is 465 g/mol. The van der Waals surface area contributed by atoms with Crippen LogP contribution >= 0.6 is 11.3 Å². The Morgan fingerprint density at radius 1 is 1.22 bits per heavy atom. The number of cyclic esters (lactones) is 1. The number of aryl methyl sites for hydroxylation is 3. The molecule has 1 atom stereocenters. The Kier molecular flexibility index (Phi) is 7.87. The maximum absolute atomic E-state index is 14.7. The highest BCUT2D eigenvalue weighted by Gasteiger charge is 2.33. The number of thiophene rings is 1. The Balaban J connectivity index is 1.53. The van der Waals surface area contributed by atoms with Crippen molar-refractivity contribution in [2.45, 2.75) is 64.3 Å². The SMILES string of the molecule is Cc1cc(C)cc(C(F)(F)CCC[C@H]2CCOC(=O)N2CCCc2ccc(C(=O)O)s2)c1. The minimum atomic E-state index is -2.90. The predicted octanol–water partition coefficient (Wildman–Crippen LogP) is 6.17. The quantitative estimate of drug-likeness (QED) is 0.456. The van der Waals surface area contributed by atoms with Gasteiger partial charge >= 0.3 is 12.1 Å². The molecule has 174 valence electrons. The molecular formula is C24H29F2NO4S. The van der Waals surface area contributed by atoms with Crippen molar-refractivity contribution in [3.63, 3.8) is 0 Å². The number of amides is 1. The minimum absolute atomic E-state index is 0.0478. The van der Waals surface area contributed by atoms with E-state index in [1.54, 1.807) is 17.0 Å². The van der Waals surface area contributed by atoms with Crippen molar-refractivity contribution in [3.05, 3.63) is 56.8 Å². The molecule has 5 nitrogen and oxygen atoms in total. The van der Waals surface area contributed by atoms with Crippen LogP contribution in [0.2, 0.25) is 0 Å². The highest BCUT2D eigenvalue weighted by molar-refractivity contribution is 7.13. The molecule has 0 saturated carbocycles. The predicted molar refractivity (Wildman–Crippen MR) is 120 cm³/mol. The molecule has 2 aromatic rings. The summed E-state index contributed by atoms with van der Waals surface area (Å²) in [6.45, 7) is 4.39. The van der Waals surface area contributed by atoms with E-state index < -0.39 is 18.0 Å². The van der Waals surface area contributed by atoms with E-state index in [2.05, 4.69) is 0 Å². The van der Waals surface area contributed by atoms with Crippen LogP contribution in [0.4, 0.5) is 13.6 Å². The van der Waals surface area contributed by atoms with Gasteiger partial charge in [0.25, 0.3) is 5.92 Å². The lowest BCUT2D eigenvalue weighted by molar-refractivity contribution is -0.0192. The average Bonchev–Trinajstić information content (AvgIpc) is 3.18. The highest BCUT2D eigenvalue weighted by atomic mass is 32.1. The Hall–Kier alpha value is -2.48. The number of aromatic carboxylic acids is 1. The molecule has 8 heteroatoms. The van der Waals surface area contributed by atoms with E-state index in [0.717, 1.165) is 16.0 Å². The number of carbonyl (C=O) groups excluding carboxylic acids is 1. The van der Waals surface area contributed by atoms with Gasteiger partial charge in [-0.2, -0.15) is 0 Å². The third-order valence-electron chi connectivity index (χ3n) is 5.72. The minimum Gasteiger partial charge on any atom is -0.477 e. The second kappa shape index (κ2) is 10.4. The molecule has 32 heavy (non-hydrogen) atoms. The summed E-state index contributed by atoms with van der Waals surface area (Å²) in [5.41, 5.74) is 1.69. The number of ether oxygens (including phenoxy) is 1. The fourth-order valence-electron chi connectivity index (χ4n) is 4.18. The molecule has 3 rings (SSSR count). The zero-order valence-electron chi connectivity index (χ0n) is 18.4. The molecular weight excluding hydrogens is 436 g/mol. The van der Waals surface area contributed by atoms with Gasteiger partial charge in [0, 0.05) is 35.9 Å². The van der Waals surface area contributed by atoms with E-state index in [1.807, 2.05) is 19.9 Å². The molecule has 0 radical (unpaired) electrons. The normalized spacial score (nSPS) is 16.8. The maximum Gasteiger partial charge on any atom is 0.410 e. The number of carboxylic acids is 1. The average molecular weight is 466 g/mol. The lowest BCUT2D eigenvalue weighted by Crippen LogP contribution is -2.46. The van der Waals surface area contributed by atoms with Gasteiger partial charge in [0.15, 0.2) is 0 Å². The Labute approximate surface area is 191 Å². The summed E-state index contributed by atoms with van der Waals surface area (Å²) < 4.78 is 34.7. The van der Waals surface area contributed by atoms with Crippen LogP contribution in [-0.2, 0) is 17.1 Å². The van der Waals surface area contributed by atoms with E-state index in [9.17, 15) is 18.4 Å². The number of carbonyl (C=O) groups is 2. The number of hydrogen-bond acceptors (Lipinski definition) is 4. The standard InChI is InChI=1S/C24H29F2NO4S/c1-16-13-17(2)15-18(14-16)24(25,26)10-3-5-19-9-12-31-23(30)27(19)11-4-6-20-7-8-21(32-20)22(28)29/h7-8,13-15,19H,3-6,9-12H2,1-2H3,(H,28,29)/t19-/m0/s1. The summed E-state index contributed by atoms with van der Waals surface area (Å²) in [7, 11) is 0. The van der Waals surface area contributed by atoms with Crippen molar-refractivity contribution in [1.82, 2.24) is 4.90 Å². The van der Waals surface area contributed by atoms with Crippen molar-refractivity contribution in [3.8, 4) is 0 Å². The number of alkyl halides is 2. The Morgan fingerprint density at radius 2 is 1.94 bits per heavy atom. The first-order valence-electron chi connectivity index (χ1n) is 10.9. The Bertz CT molecular complexity index is 939. The van der Waals surface area contributed by atoms with Gasteiger partial charge in [-0.3, -0.25) is 0 Å². The van der Waals surface area contributed by atoms with Crippen molar-refractivity contribution in [2.75, 3.05) is 13.2 Å². The number of rotatable bonds is 10. The summed E-state index contributed by atoms with van der Waals surface area (Å²) in [6, 6.07) is 8.20. The first-order valence-corrected chi connectivity index (χ1v) is 11.7. The lowest BCUT2D eigenvalue weighted by Gasteiger charge is -2.35. The van der Waals surface area contributed by atoms with Gasteiger partial charge in [0.05, 0.1) is 6.61 Å². The van der Waals surface area contributed by atoms with Gasteiger partial charge in [-0.15, -0.1) is 11.3 Å². The van der Waals surface area contributed by atoms with Gasteiger partial charge in [0.1, 0.15) is 4.88 Å². The van der Waals surface area contributed by atoms with E-state index in [-0.39, 0.29) is 18.0 Å². The molecule has 1 aliphatic rings. The first-order chi connectivity index (χ1) is 15.2. The largest absolute Gasteiger partial charge is 0.477 e. The topological polar surface area (TPSA) is 66.8 Å². The molecule has 0 unspecified atom stereocenters. The molecule has 1 N–H and O–H groups in total. The van der Waals surface area contributed by atoms with Gasteiger partial charge in [0.2, 0.25) is 0 Å². The fourth-order valence-corrected chi connectivity index (χ4v) is 5.07. The van der Waals surface area contributed by atoms with E-state index in [4.69, 9.17) is 9.84 Å². The number of hydrogen-bond donors (Lipinski definition) is 1. The van der Waals surface area contributed by atoms with Crippen molar-refractivity contribution in [2.24, 2.45) is 0 Å². The maximum atomic E-state index is 14.7. The fraction of sp³-hybridized carbons (Fsp3) is 0.500. The highest BCUT2D eigenvalue weighted by Crippen LogP contribution is 2.35. The van der Waals surface area contributed by atoms with E-state index >= 15 is 0 Å². The van der Waals surface area contributed by atoms with Gasteiger partial charge in [-0.1, -0.05) is 29.3 Å². The number of nitrogens with zero attached hydrogens (tertiary/aromatic N) is 1. The van der Waals surface area contributed by atoms with Crippen LogP contribution in [0.3, 0.4) is 0 Å². The third-order valence-corrected chi connectivity index (χ3v) is 6.85. The first kappa shape index (κ1) is 24.2. The molecule has 1 aromatic heterocycles. The van der Waals surface area contributed by atoms with Crippen LogP contribution in [0.5, 0.6) is 0 Å². The van der Waals surface area contributed by atoms with Gasteiger partial charge in [-0.05, 0) is 51.7 Å². The summed E-state index contributed by atoms with van der Waals surface area (Å²) in [5, 5.41) is 9.02.